The van der Waals surface area contributed by atoms with E-state index in [9.17, 15) is 13.6 Å². The third-order valence-corrected chi connectivity index (χ3v) is 4.72. The summed E-state index contributed by atoms with van der Waals surface area (Å²) in [4.78, 5) is 16.6. The molecule has 1 amide bonds. The molecule has 150 valence electrons. The molecule has 1 aliphatic heterocycles. The van der Waals surface area contributed by atoms with Gasteiger partial charge < -0.3 is 10.1 Å². The fraction of sp³-hybridized carbons (Fsp3) is 0.381. The lowest BCUT2D eigenvalue weighted by Gasteiger charge is -2.34. The van der Waals surface area contributed by atoms with Gasteiger partial charge in [-0.2, -0.15) is 0 Å². The molecule has 0 bridgehead atoms. The van der Waals surface area contributed by atoms with Crippen LogP contribution in [0.3, 0.4) is 0 Å². The van der Waals surface area contributed by atoms with Gasteiger partial charge in [0.05, 0.1) is 0 Å². The fourth-order valence-corrected chi connectivity index (χ4v) is 3.15. The molecule has 0 radical (unpaired) electrons. The zero-order valence-electron chi connectivity index (χ0n) is 15.7. The minimum Gasteiger partial charge on any atom is -0.481 e. The zero-order valence-corrected chi connectivity index (χ0v) is 15.7. The van der Waals surface area contributed by atoms with E-state index < -0.39 is 11.6 Å². The van der Waals surface area contributed by atoms with Gasteiger partial charge in [-0.3, -0.25) is 14.6 Å². The van der Waals surface area contributed by atoms with E-state index in [4.69, 9.17) is 4.74 Å². The maximum Gasteiger partial charge on any atom is 0.257 e. The summed E-state index contributed by atoms with van der Waals surface area (Å²) in [6.45, 7) is 5.84. The Morgan fingerprint density at radius 2 is 1.71 bits per heavy atom. The van der Waals surface area contributed by atoms with Gasteiger partial charge in [-0.25, -0.2) is 8.78 Å². The predicted molar refractivity (Wildman–Crippen MR) is 103 cm³/mol. The first-order valence-electron chi connectivity index (χ1n) is 9.43. The average molecular weight is 389 g/mol. The number of benzene rings is 2. The second-order valence-corrected chi connectivity index (χ2v) is 6.82. The van der Waals surface area contributed by atoms with Crippen LogP contribution < -0.4 is 10.1 Å². The van der Waals surface area contributed by atoms with Gasteiger partial charge in [0.1, 0.15) is 5.82 Å². The second kappa shape index (κ2) is 10.1. The van der Waals surface area contributed by atoms with Crippen molar-refractivity contribution >= 4 is 5.91 Å². The van der Waals surface area contributed by atoms with E-state index in [-0.39, 0.29) is 18.3 Å². The largest absolute Gasteiger partial charge is 0.481 e. The lowest BCUT2D eigenvalue weighted by molar-refractivity contribution is -0.123. The number of hydrogen-bond donors (Lipinski definition) is 1. The van der Waals surface area contributed by atoms with Crippen LogP contribution in [0.15, 0.2) is 48.5 Å². The van der Waals surface area contributed by atoms with Crippen molar-refractivity contribution in [2.24, 2.45) is 0 Å². The molecule has 0 saturated carbocycles. The molecule has 1 N–H and O–H groups in total. The number of nitrogens with one attached hydrogen (secondary N) is 1. The Labute approximate surface area is 163 Å². The third kappa shape index (κ3) is 6.28. The molecule has 0 aliphatic carbocycles. The number of rotatable bonds is 8. The highest BCUT2D eigenvalue weighted by Crippen LogP contribution is 2.17. The Morgan fingerprint density at radius 1 is 1.00 bits per heavy atom. The minimum absolute atomic E-state index is 0.133. The van der Waals surface area contributed by atoms with Crippen molar-refractivity contribution in [3.63, 3.8) is 0 Å². The van der Waals surface area contributed by atoms with E-state index >= 15 is 0 Å². The van der Waals surface area contributed by atoms with Crippen molar-refractivity contribution in [1.82, 2.24) is 15.1 Å². The van der Waals surface area contributed by atoms with Gasteiger partial charge >= 0.3 is 0 Å². The molecule has 1 saturated heterocycles. The van der Waals surface area contributed by atoms with Crippen LogP contribution in [0.5, 0.6) is 5.75 Å². The lowest BCUT2D eigenvalue weighted by atomic mass is 10.2. The van der Waals surface area contributed by atoms with Gasteiger partial charge in [-0.05, 0) is 17.7 Å². The van der Waals surface area contributed by atoms with Gasteiger partial charge in [0, 0.05) is 51.9 Å². The Balaban J connectivity index is 1.29. The number of carbonyl (C=O) groups is 1. The molecular formula is C21H25F2N3O2. The molecule has 5 nitrogen and oxygen atoms in total. The highest BCUT2D eigenvalue weighted by atomic mass is 19.1. The summed E-state index contributed by atoms with van der Waals surface area (Å²) in [5.74, 6) is -1.96. The topological polar surface area (TPSA) is 44.8 Å². The van der Waals surface area contributed by atoms with Crippen molar-refractivity contribution in [3.05, 3.63) is 65.7 Å². The van der Waals surface area contributed by atoms with Gasteiger partial charge in [0.2, 0.25) is 0 Å². The third-order valence-electron chi connectivity index (χ3n) is 4.72. The number of halogens is 2. The first kappa shape index (κ1) is 20.2. The van der Waals surface area contributed by atoms with Crippen LogP contribution in [0.2, 0.25) is 0 Å². The lowest BCUT2D eigenvalue weighted by Crippen LogP contribution is -2.48. The fourth-order valence-electron chi connectivity index (χ4n) is 3.15. The summed E-state index contributed by atoms with van der Waals surface area (Å²) in [7, 11) is 0. The van der Waals surface area contributed by atoms with E-state index in [0.29, 0.717) is 6.54 Å². The molecule has 1 aliphatic rings. The van der Waals surface area contributed by atoms with Crippen LogP contribution in [-0.4, -0.2) is 61.6 Å². The van der Waals surface area contributed by atoms with Gasteiger partial charge in [0.25, 0.3) is 5.91 Å². The Morgan fingerprint density at radius 3 is 2.43 bits per heavy atom. The van der Waals surface area contributed by atoms with E-state index in [1.165, 1.54) is 11.6 Å². The number of carbonyl (C=O) groups excluding carboxylic acids is 1. The van der Waals surface area contributed by atoms with Gasteiger partial charge in [-0.1, -0.05) is 30.3 Å². The van der Waals surface area contributed by atoms with Crippen LogP contribution in [0, 0.1) is 11.6 Å². The van der Waals surface area contributed by atoms with E-state index in [2.05, 4.69) is 39.4 Å². The molecule has 28 heavy (non-hydrogen) atoms. The summed E-state index contributed by atoms with van der Waals surface area (Å²) < 4.78 is 31.4. The Bertz CT molecular complexity index is 766. The average Bonchev–Trinajstić information content (AvgIpc) is 2.69. The molecule has 1 heterocycles. The maximum absolute atomic E-state index is 13.5. The van der Waals surface area contributed by atoms with Crippen molar-refractivity contribution < 1.29 is 18.3 Å². The maximum atomic E-state index is 13.5. The SMILES string of the molecule is O=C(COc1ccc(F)cc1F)NCCN1CCN(Cc2ccccc2)CC1. The van der Waals surface area contributed by atoms with Crippen LogP contribution in [0.25, 0.3) is 0 Å². The summed E-state index contributed by atoms with van der Waals surface area (Å²) in [6.07, 6.45) is 0. The number of amides is 1. The monoisotopic (exact) mass is 389 g/mol. The molecule has 2 aromatic carbocycles. The molecule has 0 aromatic heterocycles. The quantitative estimate of drug-likeness (QED) is 0.753. The molecule has 2 aromatic rings. The molecule has 0 atom stereocenters. The molecular weight excluding hydrogens is 364 g/mol. The van der Waals surface area contributed by atoms with E-state index in [0.717, 1.165) is 51.4 Å². The van der Waals surface area contributed by atoms with Crippen molar-refractivity contribution in [1.29, 1.82) is 0 Å². The zero-order chi connectivity index (χ0) is 19.8. The highest BCUT2D eigenvalue weighted by molar-refractivity contribution is 5.77. The normalized spacial score (nSPS) is 15.4. The molecule has 0 unspecified atom stereocenters. The summed E-state index contributed by atoms with van der Waals surface area (Å²) in [6, 6.07) is 13.4. The summed E-state index contributed by atoms with van der Waals surface area (Å²) in [5, 5.41) is 2.77. The minimum atomic E-state index is -0.818. The number of hydrogen-bond acceptors (Lipinski definition) is 4. The first-order chi connectivity index (χ1) is 13.6. The van der Waals surface area contributed by atoms with E-state index in [1.54, 1.807) is 0 Å². The molecule has 3 rings (SSSR count). The van der Waals surface area contributed by atoms with Crippen molar-refractivity contribution in [2.45, 2.75) is 6.54 Å². The van der Waals surface area contributed by atoms with E-state index in [1.807, 2.05) is 6.07 Å². The number of ether oxygens (including phenoxy) is 1. The summed E-state index contributed by atoms with van der Waals surface area (Å²) in [5.41, 5.74) is 1.32. The number of piperazine rings is 1. The standard InChI is InChI=1S/C21H25F2N3O2/c22-18-6-7-20(19(23)14-18)28-16-21(27)24-8-9-25-10-12-26(13-11-25)15-17-4-2-1-3-5-17/h1-7,14H,8-13,15-16H2,(H,24,27). The molecule has 7 heteroatoms. The molecule has 0 spiro atoms. The number of nitrogens with zero attached hydrogens (tertiary/aromatic N) is 2. The van der Waals surface area contributed by atoms with Crippen LogP contribution >= 0.6 is 0 Å². The summed E-state index contributed by atoms with van der Waals surface area (Å²) >= 11 is 0. The molecule has 1 fully saturated rings. The van der Waals surface area contributed by atoms with Crippen LogP contribution in [-0.2, 0) is 11.3 Å². The smallest absolute Gasteiger partial charge is 0.257 e. The predicted octanol–water partition coefficient (Wildman–Crippen LogP) is 2.28. The first-order valence-corrected chi connectivity index (χ1v) is 9.43. The van der Waals surface area contributed by atoms with Crippen LogP contribution in [0.4, 0.5) is 8.78 Å². The highest BCUT2D eigenvalue weighted by Gasteiger charge is 2.17. The Hall–Kier alpha value is -2.51. The van der Waals surface area contributed by atoms with Gasteiger partial charge in [0.15, 0.2) is 18.2 Å². The van der Waals surface area contributed by atoms with Gasteiger partial charge in [-0.15, -0.1) is 0 Å². The second-order valence-electron chi connectivity index (χ2n) is 6.82. The Kier molecular flexibility index (Phi) is 7.33. The van der Waals surface area contributed by atoms with Crippen molar-refractivity contribution in [2.75, 3.05) is 45.9 Å². The van der Waals surface area contributed by atoms with Crippen LogP contribution in [0.1, 0.15) is 5.56 Å². The van der Waals surface area contributed by atoms with Crippen molar-refractivity contribution in [3.8, 4) is 5.75 Å².